The number of hydrogen-bond acceptors (Lipinski definition) is 4. The molecular formula is C14H13Cl2NO2S. The molecule has 0 aliphatic heterocycles. The van der Waals surface area contributed by atoms with Crippen LogP contribution in [-0.2, 0) is 22.5 Å². The van der Waals surface area contributed by atoms with E-state index in [1.807, 2.05) is 18.2 Å². The van der Waals surface area contributed by atoms with E-state index >= 15 is 0 Å². The van der Waals surface area contributed by atoms with Gasteiger partial charge >= 0.3 is 5.97 Å². The van der Waals surface area contributed by atoms with Gasteiger partial charge in [-0.2, -0.15) is 0 Å². The van der Waals surface area contributed by atoms with E-state index in [-0.39, 0.29) is 5.97 Å². The summed E-state index contributed by atoms with van der Waals surface area (Å²) in [7, 11) is 1.39. The van der Waals surface area contributed by atoms with Crippen molar-refractivity contribution in [2.45, 2.75) is 13.0 Å². The van der Waals surface area contributed by atoms with Gasteiger partial charge in [-0.1, -0.05) is 23.2 Å². The molecule has 20 heavy (non-hydrogen) atoms. The Morgan fingerprint density at radius 1 is 1.20 bits per heavy atom. The lowest BCUT2D eigenvalue weighted by Crippen LogP contribution is -2.02. The SMILES string of the molecule is COC(=O)Cc1ccc(CNc2ccc(Cl)c(Cl)c2)s1. The number of anilines is 1. The van der Waals surface area contributed by atoms with Crippen LogP contribution in [0.4, 0.5) is 5.69 Å². The molecule has 6 heteroatoms. The molecule has 2 rings (SSSR count). The number of ether oxygens (including phenoxy) is 1. The van der Waals surface area contributed by atoms with Crippen molar-refractivity contribution in [1.82, 2.24) is 0 Å². The Bertz CT molecular complexity index is 613. The van der Waals surface area contributed by atoms with E-state index in [1.54, 1.807) is 23.5 Å². The summed E-state index contributed by atoms with van der Waals surface area (Å²) in [6.07, 6.45) is 0.313. The van der Waals surface area contributed by atoms with Crippen LogP contribution >= 0.6 is 34.5 Å². The molecule has 2 aromatic rings. The summed E-state index contributed by atoms with van der Waals surface area (Å²) in [4.78, 5) is 13.3. The van der Waals surface area contributed by atoms with Crippen LogP contribution in [0.3, 0.4) is 0 Å². The predicted octanol–water partition coefficient (Wildman–Crippen LogP) is 4.38. The number of methoxy groups -OCH3 is 1. The molecule has 0 radical (unpaired) electrons. The third-order valence-corrected chi connectivity index (χ3v) is 4.47. The lowest BCUT2D eigenvalue weighted by Gasteiger charge is -2.05. The first-order valence-corrected chi connectivity index (χ1v) is 7.49. The Balaban J connectivity index is 1.93. The molecule has 0 unspecified atom stereocenters. The lowest BCUT2D eigenvalue weighted by molar-refractivity contribution is -0.139. The van der Waals surface area contributed by atoms with E-state index in [4.69, 9.17) is 23.2 Å². The summed E-state index contributed by atoms with van der Waals surface area (Å²) in [5.74, 6) is -0.226. The number of rotatable bonds is 5. The van der Waals surface area contributed by atoms with Gasteiger partial charge in [0.1, 0.15) is 0 Å². The van der Waals surface area contributed by atoms with E-state index in [9.17, 15) is 4.79 Å². The standard InChI is InChI=1S/C14H13Cl2NO2S/c1-19-14(18)7-10-3-4-11(20-10)8-17-9-2-5-12(15)13(16)6-9/h2-6,17H,7-8H2,1H3. The number of benzene rings is 1. The normalized spacial score (nSPS) is 10.3. The van der Waals surface area contributed by atoms with Crippen LogP contribution in [0.1, 0.15) is 9.75 Å². The van der Waals surface area contributed by atoms with Gasteiger partial charge in [-0.05, 0) is 30.3 Å². The molecule has 0 bridgehead atoms. The molecule has 0 aliphatic carbocycles. The van der Waals surface area contributed by atoms with Crippen LogP contribution in [0, 0.1) is 0 Å². The highest BCUT2D eigenvalue weighted by Crippen LogP contribution is 2.26. The maximum Gasteiger partial charge on any atom is 0.310 e. The van der Waals surface area contributed by atoms with Crippen molar-refractivity contribution in [3.63, 3.8) is 0 Å². The number of carbonyl (C=O) groups is 1. The van der Waals surface area contributed by atoms with E-state index in [1.165, 1.54) is 7.11 Å². The van der Waals surface area contributed by atoms with Crippen LogP contribution in [0.5, 0.6) is 0 Å². The van der Waals surface area contributed by atoms with Crippen molar-refractivity contribution >= 4 is 46.2 Å². The summed E-state index contributed by atoms with van der Waals surface area (Å²) in [5.41, 5.74) is 0.905. The monoisotopic (exact) mass is 329 g/mol. The highest BCUT2D eigenvalue weighted by molar-refractivity contribution is 7.12. The Labute approximate surface area is 131 Å². The largest absolute Gasteiger partial charge is 0.469 e. The van der Waals surface area contributed by atoms with Crippen LogP contribution in [0.2, 0.25) is 10.0 Å². The van der Waals surface area contributed by atoms with Gasteiger partial charge in [-0.3, -0.25) is 4.79 Å². The fourth-order valence-electron chi connectivity index (χ4n) is 1.62. The number of thiophene rings is 1. The van der Waals surface area contributed by atoms with Crippen molar-refractivity contribution in [2.75, 3.05) is 12.4 Å². The number of esters is 1. The molecule has 106 valence electrons. The van der Waals surface area contributed by atoms with Gasteiger partial charge in [-0.25, -0.2) is 0 Å². The lowest BCUT2D eigenvalue weighted by atomic mass is 10.3. The second-order valence-electron chi connectivity index (χ2n) is 4.10. The van der Waals surface area contributed by atoms with Gasteiger partial charge in [-0.15, -0.1) is 11.3 Å². The first-order valence-electron chi connectivity index (χ1n) is 5.92. The summed E-state index contributed by atoms with van der Waals surface area (Å²) < 4.78 is 4.64. The molecule has 0 spiro atoms. The molecule has 0 saturated carbocycles. The molecule has 1 aromatic carbocycles. The maximum atomic E-state index is 11.2. The van der Waals surface area contributed by atoms with Crippen molar-refractivity contribution in [1.29, 1.82) is 0 Å². The molecule has 3 nitrogen and oxygen atoms in total. The van der Waals surface area contributed by atoms with Gasteiger partial charge in [0.25, 0.3) is 0 Å². The number of carbonyl (C=O) groups excluding carboxylic acids is 1. The summed E-state index contributed by atoms with van der Waals surface area (Å²) in [6.45, 7) is 0.670. The molecule has 1 N–H and O–H groups in total. The van der Waals surface area contributed by atoms with E-state index in [2.05, 4.69) is 10.1 Å². The molecule has 0 saturated heterocycles. The first-order chi connectivity index (χ1) is 9.58. The minimum atomic E-state index is -0.226. The summed E-state index contributed by atoms with van der Waals surface area (Å²) in [6, 6.07) is 9.34. The molecule has 0 amide bonds. The quantitative estimate of drug-likeness (QED) is 0.827. The van der Waals surface area contributed by atoms with Crippen molar-refractivity contribution in [3.8, 4) is 0 Å². The average molecular weight is 330 g/mol. The van der Waals surface area contributed by atoms with Crippen LogP contribution < -0.4 is 5.32 Å². The number of nitrogens with one attached hydrogen (secondary N) is 1. The Morgan fingerprint density at radius 2 is 1.95 bits per heavy atom. The zero-order valence-electron chi connectivity index (χ0n) is 10.8. The Hall–Kier alpha value is -1.23. The zero-order valence-corrected chi connectivity index (χ0v) is 13.1. The molecule has 1 heterocycles. The average Bonchev–Trinajstić information content (AvgIpc) is 2.87. The van der Waals surface area contributed by atoms with E-state index in [0.717, 1.165) is 15.4 Å². The van der Waals surface area contributed by atoms with Gasteiger partial charge in [0.05, 0.1) is 23.6 Å². The number of halogens is 2. The Kier molecular flexibility index (Phi) is 5.29. The van der Waals surface area contributed by atoms with Crippen molar-refractivity contribution < 1.29 is 9.53 Å². The third kappa shape index (κ3) is 4.13. The molecular weight excluding hydrogens is 317 g/mol. The Morgan fingerprint density at radius 3 is 2.65 bits per heavy atom. The summed E-state index contributed by atoms with van der Waals surface area (Å²) in [5, 5.41) is 4.32. The van der Waals surface area contributed by atoms with Crippen LogP contribution in [0.25, 0.3) is 0 Å². The minimum Gasteiger partial charge on any atom is -0.469 e. The highest BCUT2D eigenvalue weighted by atomic mass is 35.5. The van der Waals surface area contributed by atoms with E-state index in [0.29, 0.717) is 23.0 Å². The minimum absolute atomic E-state index is 0.226. The van der Waals surface area contributed by atoms with Crippen molar-refractivity contribution in [3.05, 3.63) is 50.1 Å². The third-order valence-electron chi connectivity index (χ3n) is 2.65. The van der Waals surface area contributed by atoms with Gasteiger partial charge in [0.15, 0.2) is 0 Å². The summed E-state index contributed by atoms with van der Waals surface area (Å²) >= 11 is 13.4. The predicted molar refractivity (Wildman–Crippen MR) is 83.8 cm³/mol. The number of hydrogen-bond donors (Lipinski definition) is 1. The maximum absolute atomic E-state index is 11.2. The first kappa shape index (κ1) is 15.2. The topological polar surface area (TPSA) is 38.3 Å². The van der Waals surface area contributed by atoms with Gasteiger partial charge in [0, 0.05) is 22.0 Å². The fourth-order valence-corrected chi connectivity index (χ4v) is 2.86. The second-order valence-corrected chi connectivity index (χ2v) is 6.17. The van der Waals surface area contributed by atoms with Crippen molar-refractivity contribution in [2.24, 2.45) is 0 Å². The van der Waals surface area contributed by atoms with Crippen LogP contribution in [-0.4, -0.2) is 13.1 Å². The van der Waals surface area contributed by atoms with Gasteiger partial charge < -0.3 is 10.1 Å². The smallest absolute Gasteiger partial charge is 0.310 e. The molecule has 0 atom stereocenters. The zero-order chi connectivity index (χ0) is 14.5. The van der Waals surface area contributed by atoms with E-state index < -0.39 is 0 Å². The molecule has 0 aliphatic rings. The molecule has 1 aromatic heterocycles. The second kappa shape index (κ2) is 6.97. The molecule has 0 fully saturated rings. The highest BCUT2D eigenvalue weighted by Gasteiger charge is 2.06. The van der Waals surface area contributed by atoms with Gasteiger partial charge in [0.2, 0.25) is 0 Å². The fraction of sp³-hybridized carbons (Fsp3) is 0.214. The van der Waals surface area contributed by atoms with Crippen LogP contribution in [0.15, 0.2) is 30.3 Å².